The van der Waals surface area contributed by atoms with E-state index in [0.29, 0.717) is 12.8 Å². The summed E-state index contributed by atoms with van der Waals surface area (Å²) in [4.78, 5) is 25.8. The maximum atomic E-state index is 13.0. The van der Waals surface area contributed by atoms with Crippen molar-refractivity contribution in [1.82, 2.24) is 0 Å². The topological polar surface area (TPSA) is 231 Å². The summed E-state index contributed by atoms with van der Waals surface area (Å²) in [5, 5.41) is 72.1. The Bertz CT molecular complexity index is 1340. The molecule has 2 aliphatic heterocycles. The number of rotatable bonds is 42. The molecular formula is C54H96O15. The molecule has 0 bridgehead atoms. The first-order valence-corrected chi connectivity index (χ1v) is 27.1. The van der Waals surface area contributed by atoms with Gasteiger partial charge in [0.2, 0.25) is 0 Å². The second-order valence-electron chi connectivity index (χ2n) is 19.1. The standard InChI is InChI=1S/C54H96O15/c1-3-5-7-9-11-13-15-17-19-21-23-25-27-29-31-33-35-37-46(57)67-42(39-64-45(56)36-34-32-30-28-26-24-22-20-18-16-14-12-10-8-6-4-2)40-65-53-52(63)50(61)48(59)44(69-53)41-66-54-51(62)49(60)47(58)43(38-55)68-54/h11,13,17,19,23,25,42-44,47-55,58-63H,3-10,12,14-16,18,20-22,24,26-41H2,1-2H3/b13-11+,19-17+,25-23+/t42-,43+,44+,47-,48-,49?,50?,51?,52?,53+,54+/m0/s1. The molecule has 0 saturated carbocycles. The fourth-order valence-corrected chi connectivity index (χ4v) is 8.40. The van der Waals surface area contributed by atoms with E-state index in [2.05, 4.69) is 50.3 Å². The first-order chi connectivity index (χ1) is 33.5. The molecule has 4 unspecified atom stereocenters. The van der Waals surface area contributed by atoms with E-state index in [1.165, 1.54) is 96.3 Å². The lowest BCUT2D eigenvalue weighted by Crippen LogP contribution is -2.61. The van der Waals surface area contributed by atoms with Crippen molar-refractivity contribution < 1.29 is 73.8 Å². The van der Waals surface area contributed by atoms with E-state index in [9.17, 15) is 45.3 Å². The van der Waals surface area contributed by atoms with E-state index in [0.717, 1.165) is 64.2 Å². The maximum absolute atomic E-state index is 13.0. The number of carbonyl (C=O) groups is 2. The number of unbranched alkanes of at least 4 members (excludes halogenated alkanes) is 22. The quantitative estimate of drug-likeness (QED) is 0.0174. The Hall–Kier alpha value is -2.28. The summed E-state index contributed by atoms with van der Waals surface area (Å²) >= 11 is 0. The second kappa shape index (κ2) is 41.2. The van der Waals surface area contributed by atoms with Crippen LogP contribution in [0.15, 0.2) is 36.5 Å². The van der Waals surface area contributed by atoms with Crippen molar-refractivity contribution in [3.63, 3.8) is 0 Å². The van der Waals surface area contributed by atoms with E-state index in [-0.39, 0.29) is 26.1 Å². The van der Waals surface area contributed by atoms with Crippen LogP contribution in [0.4, 0.5) is 0 Å². The fourth-order valence-electron chi connectivity index (χ4n) is 8.40. The number of carbonyl (C=O) groups excluding carboxylic acids is 2. The van der Waals surface area contributed by atoms with Crippen LogP contribution in [-0.4, -0.2) is 142 Å². The minimum atomic E-state index is -1.77. The SMILES string of the molecule is CCCCC/C=C/C/C=C/C/C=C/CCCCCCC(=O)O[C@@H](COC(=O)CCCCCCCCCCCCCCCCCC)CO[C@@H]1O[C@H](CO[C@@H]2O[C@H](CO)[C@H](O)C(O)C2O)[C@H](O)C(O)C1O. The third-order valence-corrected chi connectivity index (χ3v) is 12.9. The van der Waals surface area contributed by atoms with Gasteiger partial charge in [0, 0.05) is 12.8 Å². The molecule has 15 nitrogen and oxygen atoms in total. The van der Waals surface area contributed by atoms with Gasteiger partial charge < -0.3 is 64.2 Å². The smallest absolute Gasteiger partial charge is 0.306 e. The maximum Gasteiger partial charge on any atom is 0.306 e. The molecular weight excluding hydrogens is 889 g/mol. The van der Waals surface area contributed by atoms with Gasteiger partial charge in [0.05, 0.1) is 19.8 Å². The van der Waals surface area contributed by atoms with Crippen LogP contribution in [0.2, 0.25) is 0 Å². The first-order valence-electron chi connectivity index (χ1n) is 27.1. The minimum Gasteiger partial charge on any atom is -0.462 e. The number of allylic oxidation sites excluding steroid dienone is 6. The predicted molar refractivity (Wildman–Crippen MR) is 266 cm³/mol. The molecule has 2 aliphatic rings. The van der Waals surface area contributed by atoms with Crippen LogP contribution in [0.5, 0.6) is 0 Å². The summed E-state index contributed by atoms with van der Waals surface area (Å²) in [5.41, 5.74) is 0. The molecule has 0 amide bonds. The number of aliphatic hydroxyl groups excluding tert-OH is 7. The molecule has 7 N–H and O–H groups in total. The highest BCUT2D eigenvalue weighted by atomic mass is 16.7. The molecule has 0 aromatic carbocycles. The van der Waals surface area contributed by atoms with E-state index in [1.807, 2.05) is 0 Å². The van der Waals surface area contributed by atoms with Gasteiger partial charge in [-0.2, -0.15) is 0 Å². The minimum absolute atomic E-state index is 0.141. The normalized spacial score (nSPS) is 25.8. The molecule has 0 radical (unpaired) electrons. The van der Waals surface area contributed by atoms with Crippen LogP contribution in [0.1, 0.15) is 200 Å². The molecule has 402 valence electrons. The summed E-state index contributed by atoms with van der Waals surface area (Å²) in [7, 11) is 0. The second-order valence-corrected chi connectivity index (χ2v) is 19.1. The Morgan fingerprint density at radius 1 is 0.464 bits per heavy atom. The van der Waals surface area contributed by atoms with E-state index in [4.69, 9.17) is 28.4 Å². The average molecular weight is 985 g/mol. The van der Waals surface area contributed by atoms with Gasteiger partial charge in [-0.1, -0.05) is 172 Å². The highest BCUT2D eigenvalue weighted by Gasteiger charge is 2.47. The molecule has 0 aromatic heterocycles. The molecule has 2 heterocycles. The van der Waals surface area contributed by atoms with Gasteiger partial charge in [-0.15, -0.1) is 0 Å². The van der Waals surface area contributed by atoms with E-state index >= 15 is 0 Å². The van der Waals surface area contributed by atoms with Crippen molar-refractivity contribution in [2.75, 3.05) is 26.4 Å². The van der Waals surface area contributed by atoms with Crippen molar-refractivity contribution in [2.24, 2.45) is 0 Å². The number of hydrogen-bond acceptors (Lipinski definition) is 15. The van der Waals surface area contributed by atoms with Gasteiger partial charge in [0.1, 0.15) is 55.4 Å². The molecule has 15 heteroatoms. The summed E-state index contributed by atoms with van der Waals surface area (Å²) in [6, 6.07) is 0. The summed E-state index contributed by atoms with van der Waals surface area (Å²) in [5.74, 6) is -0.943. The van der Waals surface area contributed by atoms with Crippen LogP contribution >= 0.6 is 0 Å². The number of ether oxygens (including phenoxy) is 6. The zero-order valence-corrected chi connectivity index (χ0v) is 42.5. The van der Waals surface area contributed by atoms with Gasteiger partial charge in [0.15, 0.2) is 18.7 Å². The zero-order valence-electron chi connectivity index (χ0n) is 42.5. The lowest BCUT2D eigenvalue weighted by molar-refractivity contribution is -0.332. The predicted octanol–water partition coefficient (Wildman–Crippen LogP) is 8.10. The highest BCUT2D eigenvalue weighted by molar-refractivity contribution is 5.70. The van der Waals surface area contributed by atoms with E-state index in [1.54, 1.807) is 0 Å². The van der Waals surface area contributed by atoms with Crippen molar-refractivity contribution in [1.29, 1.82) is 0 Å². The number of aliphatic hydroxyl groups is 7. The van der Waals surface area contributed by atoms with Crippen molar-refractivity contribution in [2.45, 2.75) is 268 Å². The van der Waals surface area contributed by atoms with Gasteiger partial charge in [-0.05, 0) is 51.4 Å². The summed E-state index contributed by atoms with van der Waals surface area (Å²) < 4.78 is 33.6. The summed E-state index contributed by atoms with van der Waals surface area (Å²) in [6.45, 7) is 2.56. The monoisotopic (exact) mass is 985 g/mol. The van der Waals surface area contributed by atoms with Crippen molar-refractivity contribution >= 4 is 11.9 Å². The number of hydrogen-bond donors (Lipinski definition) is 7. The number of esters is 2. The summed E-state index contributed by atoms with van der Waals surface area (Å²) in [6.07, 6.45) is 27.3. The van der Waals surface area contributed by atoms with Gasteiger partial charge in [-0.25, -0.2) is 0 Å². The Labute approximate surface area is 415 Å². The molecule has 2 fully saturated rings. The van der Waals surface area contributed by atoms with Crippen molar-refractivity contribution in [3.8, 4) is 0 Å². The van der Waals surface area contributed by atoms with Crippen LogP contribution in [0, 0.1) is 0 Å². The molecule has 2 rings (SSSR count). The molecule has 0 aliphatic carbocycles. The average Bonchev–Trinajstić information content (AvgIpc) is 3.34. The van der Waals surface area contributed by atoms with Crippen LogP contribution in [-0.2, 0) is 38.0 Å². The van der Waals surface area contributed by atoms with Gasteiger partial charge >= 0.3 is 11.9 Å². The van der Waals surface area contributed by atoms with E-state index < -0.39 is 92.7 Å². The van der Waals surface area contributed by atoms with Crippen LogP contribution in [0.3, 0.4) is 0 Å². The highest BCUT2D eigenvalue weighted by Crippen LogP contribution is 2.26. The largest absolute Gasteiger partial charge is 0.462 e. The Balaban J connectivity index is 1.80. The van der Waals surface area contributed by atoms with Crippen LogP contribution in [0.25, 0.3) is 0 Å². The van der Waals surface area contributed by atoms with Gasteiger partial charge in [0.25, 0.3) is 0 Å². The molecule has 0 aromatic rings. The molecule has 69 heavy (non-hydrogen) atoms. The molecule has 11 atom stereocenters. The first kappa shape index (κ1) is 62.8. The molecule has 2 saturated heterocycles. The Kier molecular flexibility index (Phi) is 37.5. The zero-order chi connectivity index (χ0) is 50.3. The lowest BCUT2D eigenvalue weighted by atomic mass is 9.98. The Morgan fingerprint density at radius 3 is 1.39 bits per heavy atom. The molecule has 0 spiro atoms. The van der Waals surface area contributed by atoms with Crippen molar-refractivity contribution in [3.05, 3.63) is 36.5 Å². The van der Waals surface area contributed by atoms with Crippen LogP contribution < -0.4 is 0 Å². The van der Waals surface area contributed by atoms with Gasteiger partial charge in [-0.3, -0.25) is 9.59 Å². The third-order valence-electron chi connectivity index (χ3n) is 12.9. The Morgan fingerprint density at radius 2 is 0.870 bits per heavy atom. The fraction of sp³-hybridized carbons (Fsp3) is 0.852. The lowest BCUT2D eigenvalue weighted by Gasteiger charge is -2.42. The third kappa shape index (κ3) is 29.1.